The molecule has 1 aromatic rings. The minimum absolute atomic E-state index is 0.908. The lowest BCUT2D eigenvalue weighted by atomic mass is 10.1. The highest BCUT2D eigenvalue weighted by molar-refractivity contribution is 5.27. The van der Waals surface area contributed by atoms with Gasteiger partial charge in [0, 0.05) is 0 Å². The van der Waals surface area contributed by atoms with Gasteiger partial charge in [-0.25, -0.2) is 0 Å². The predicted molar refractivity (Wildman–Crippen MR) is 58.6 cm³/mol. The van der Waals surface area contributed by atoms with Crippen molar-refractivity contribution in [3.8, 4) is 0 Å². The molecule has 0 aromatic heterocycles. The van der Waals surface area contributed by atoms with Gasteiger partial charge in [0.05, 0.1) is 0 Å². The number of hydrogen-bond acceptors (Lipinski definition) is 0. The van der Waals surface area contributed by atoms with Gasteiger partial charge >= 0.3 is 0 Å². The normalized spacial score (nSPS) is 10.2. The van der Waals surface area contributed by atoms with Crippen LogP contribution < -0.4 is 0 Å². The summed E-state index contributed by atoms with van der Waals surface area (Å²) < 4.78 is 0. The lowest BCUT2D eigenvalue weighted by molar-refractivity contribution is 1.21. The van der Waals surface area contributed by atoms with Crippen molar-refractivity contribution in [2.75, 3.05) is 0 Å². The van der Waals surface area contributed by atoms with E-state index in [0.29, 0.717) is 0 Å². The standard InChI is InChI=1S/C13H14/c1-3-4-8-12(2)11-13-9-6-5-7-10-13/h3-10H,1-2,11H2. The SMILES string of the molecule is C=CC=CC(=C)Cc1ccccc1. The molecule has 0 radical (unpaired) electrons. The highest BCUT2D eigenvalue weighted by Crippen LogP contribution is 2.06. The molecule has 0 saturated heterocycles. The molecule has 0 aliphatic heterocycles. The van der Waals surface area contributed by atoms with Crippen LogP contribution in [0.3, 0.4) is 0 Å². The first-order valence-electron chi connectivity index (χ1n) is 4.33. The van der Waals surface area contributed by atoms with E-state index in [-0.39, 0.29) is 0 Å². The van der Waals surface area contributed by atoms with Crippen LogP contribution in [0.2, 0.25) is 0 Å². The number of rotatable bonds is 4. The Labute approximate surface area is 79.9 Å². The maximum Gasteiger partial charge on any atom is -0.00316 e. The van der Waals surface area contributed by atoms with E-state index in [1.807, 2.05) is 30.4 Å². The summed E-state index contributed by atoms with van der Waals surface area (Å²) in [6.07, 6.45) is 6.56. The largest absolute Gasteiger partial charge is 0.0991 e. The first-order valence-corrected chi connectivity index (χ1v) is 4.33. The molecule has 0 aliphatic rings. The van der Waals surface area contributed by atoms with Gasteiger partial charge in [0.25, 0.3) is 0 Å². The second-order valence-corrected chi connectivity index (χ2v) is 2.92. The molecule has 0 fully saturated rings. The van der Waals surface area contributed by atoms with E-state index in [1.54, 1.807) is 6.08 Å². The second kappa shape index (κ2) is 5.15. The first-order chi connectivity index (χ1) is 6.33. The van der Waals surface area contributed by atoms with E-state index in [1.165, 1.54) is 5.56 Å². The zero-order valence-corrected chi connectivity index (χ0v) is 7.74. The van der Waals surface area contributed by atoms with Crippen molar-refractivity contribution < 1.29 is 0 Å². The van der Waals surface area contributed by atoms with Crippen LogP contribution in [0.5, 0.6) is 0 Å². The Kier molecular flexibility index (Phi) is 3.77. The predicted octanol–water partition coefficient (Wildman–Crippen LogP) is 3.53. The van der Waals surface area contributed by atoms with Gasteiger partial charge in [-0.05, 0) is 12.0 Å². The van der Waals surface area contributed by atoms with Crippen molar-refractivity contribution in [3.63, 3.8) is 0 Å². The minimum atomic E-state index is 0.908. The maximum absolute atomic E-state index is 3.95. The summed E-state index contributed by atoms with van der Waals surface area (Å²) in [5.41, 5.74) is 2.40. The molecule has 0 heterocycles. The van der Waals surface area contributed by atoms with Crippen molar-refractivity contribution in [3.05, 3.63) is 72.9 Å². The number of benzene rings is 1. The quantitative estimate of drug-likeness (QED) is 0.606. The highest BCUT2D eigenvalue weighted by atomic mass is 14.0. The van der Waals surface area contributed by atoms with Gasteiger partial charge < -0.3 is 0 Å². The van der Waals surface area contributed by atoms with Gasteiger partial charge in [-0.15, -0.1) is 0 Å². The van der Waals surface area contributed by atoms with E-state index in [2.05, 4.69) is 25.3 Å². The topological polar surface area (TPSA) is 0 Å². The Morgan fingerprint density at radius 1 is 1.23 bits per heavy atom. The molecule has 66 valence electrons. The van der Waals surface area contributed by atoms with Gasteiger partial charge in [0.15, 0.2) is 0 Å². The summed E-state index contributed by atoms with van der Waals surface area (Å²) in [5.74, 6) is 0. The number of allylic oxidation sites excluding steroid dienone is 4. The van der Waals surface area contributed by atoms with Crippen LogP contribution in [0.15, 0.2) is 67.3 Å². The average Bonchev–Trinajstić information content (AvgIpc) is 2.16. The van der Waals surface area contributed by atoms with Crippen LogP contribution in [-0.4, -0.2) is 0 Å². The highest BCUT2D eigenvalue weighted by Gasteiger charge is 1.91. The van der Waals surface area contributed by atoms with Crippen LogP contribution in [-0.2, 0) is 6.42 Å². The summed E-state index contributed by atoms with van der Waals surface area (Å²) in [4.78, 5) is 0. The van der Waals surface area contributed by atoms with Crippen molar-refractivity contribution in [1.82, 2.24) is 0 Å². The van der Waals surface area contributed by atoms with Crippen LogP contribution in [0.1, 0.15) is 5.56 Å². The molecule has 0 bridgehead atoms. The molecular weight excluding hydrogens is 156 g/mol. The zero-order valence-electron chi connectivity index (χ0n) is 7.74. The van der Waals surface area contributed by atoms with E-state index in [0.717, 1.165) is 12.0 Å². The van der Waals surface area contributed by atoms with Gasteiger partial charge in [-0.3, -0.25) is 0 Å². The zero-order chi connectivity index (χ0) is 9.52. The Hall–Kier alpha value is -1.56. The Bertz CT molecular complexity index is 304. The summed E-state index contributed by atoms with van der Waals surface area (Å²) in [6, 6.07) is 10.3. The summed E-state index contributed by atoms with van der Waals surface area (Å²) in [7, 11) is 0. The third-order valence-corrected chi connectivity index (χ3v) is 1.74. The molecule has 0 aliphatic carbocycles. The molecule has 0 spiro atoms. The lowest BCUT2D eigenvalue weighted by Crippen LogP contribution is -1.84. The summed E-state index contributed by atoms with van der Waals surface area (Å²) in [5, 5.41) is 0. The van der Waals surface area contributed by atoms with E-state index in [9.17, 15) is 0 Å². The smallest absolute Gasteiger partial charge is 0.00316 e. The van der Waals surface area contributed by atoms with Crippen LogP contribution in [0, 0.1) is 0 Å². The molecular formula is C13H14. The molecule has 0 nitrogen and oxygen atoms in total. The van der Waals surface area contributed by atoms with Crippen molar-refractivity contribution in [1.29, 1.82) is 0 Å². The maximum atomic E-state index is 3.95. The summed E-state index contributed by atoms with van der Waals surface area (Å²) in [6.45, 7) is 7.56. The third-order valence-electron chi connectivity index (χ3n) is 1.74. The Morgan fingerprint density at radius 2 is 1.92 bits per heavy atom. The fourth-order valence-electron chi connectivity index (χ4n) is 1.12. The lowest BCUT2D eigenvalue weighted by Gasteiger charge is -1.99. The van der Waals surface area contributed by atoms with Crippen LogP contribution >= 0.6 is 0 Å². The van der Waals surface area contributed by atoms with Crippen molar-refractivity contribution >= 4 is 0 Å². The minimum Gasteiger partial charge on any atom is -0.0991 e. The molecule has 0 atom stereocenters. The van der Waals surface area contributed by atoms with Gasteiger partial charge in [0.1, 0.15) is 0 Å². The monoisotopic (exact) mass is 170 g/mol. The average molecular weight is 170 g/mol. The van der Waals surface area contributed by atoms with E-state index >= 15 is 0 Å². The van der Waals surface area contributed by atoms with Crippen molar-refractivity contribution in [2.45, 2.75) is 6.42 Å². The molecule has 0 amide bonds. The molecule has 1 aromatic carbocycles. The molecule has 0 saturated carbocycles. The Balaban J connectivity index is 2.55. The van der Waals surface area contributed by atoms with Crippen LogP contribution in [0.4, 0.5) is 0 Å². The fraction of sp³-hybridized carbons (Fsp3) is 0.0769. The fourth-order valence-corrected chi connectivity index (χ4v) is 1.12. The summed E-state index contributed by atoms with van der Waals surface area (Å²) >= 11 is 0. The van der Waals surface area contributed by atoms with Crippen molar-refractivity contribution in [2.24, 2.45) is 0 Å². The molecule has 13 heavy (non-hydrogen) atoms. The Morgan fingerprint density at radius 3 is 2.54 bits per heavy atom. The van der Waals surface area contributed by atoms with Gasteiger partial charge in [-0.2, -0.15) is 0 Å². The van der Waals surface area contributed by atoms with E-state index in [4.69, 9.17) is 0 Å². The number of hydrogen-bond donors (Lipinski definition) is 0. The van der Waals surface area contributed by atoms with Crippen LogP contribution in [0.25, 0.3) is 0 Å². The molecule has 0 unspecified atom stereocenters. The van der Waals surface area contributed by atoms with Gasteiger partial charge in [-0.1, -0.05) is 67.3 Å². The third kappa shape index (κ3) is 3.57. The molecule has 0 N–H and O–H groups in total. The second-order valence-electron chi connectivity index (χ2n) is 2.92. The molecule has 0 heteroatoms. The van der Waals surface area contributed by atoms with Gasteiger partial charge in [0.2, 0.25) is 0 Å². The van der Waals surface area contributed by atoms with E-state index < -0.39 is 0 Å². The first kappa shape index (κ1) is 9.53. The molecule has 1 rings (SSSR count).